The Hall–Kier alpha value is -2.89. The number of nitrogens with two attached hydrogens (primary N) is 1. The van der Waals surface area contributed by atoms with Crippen LogP contribution >= 0.6 is 0 Å². The number of ether oxygens (including phenoxy) is 7. The summed E-state index contributed by atoms with van der Waals surface area (Å²) in [5, 5.41) is 93.6. The van der Waals surface area contributed by atoms with E-state index in [0.29, 0.717) is 24.3 Å². The molecule has 3 aliphatic heterocycles. The number of hydrogen-bond acceptors (Lipinski definition) is 17. The van der Waals surface area contributed by atoms with Crippen molar-refractivity contribution in [3.8, 4) is 5.75 Å². The number of aliphatic hydroxyl groups excluding tert-OH is 8. The summed E-state index contributed by atoms with van der Waals surface area (Å²) >= 11 is 0. The molecule has 3 fully saturated rings. The number of rotatable bonds is 17. The minimum absolute atomic E-state index is 0.101. The summed E-state index contributed by atoms with van der Waals surface area (Å²) in [6, 6.07) is 15.5. The minimum Gasteiger partial charge on any atom is -0.479 e. The quantitative estimate of drug-likeness (QED) is 0.0747. The van der Waals surface area contributed by atoms with Crippen molar-refractivity contribution in [2.24, 2.45) is 5.73 Å². The van der Waals surface area contributed by atoms with Gasteiger partial charge in [-0.2, -0.15) is 0 Å². The molecule has 11 N–H and O–H groups in total. The van der Waals surface area contributed by atoms with Crippen LogP contribution in [0.1, 0.15) is 11.1 Å². The lowest BCUT2D eigenvalue weighted by Crippen LogP contribution is -2.63. The third-order valence-corrected chi connectivity index (χ3v) is 9.47. The van der Waals surface area contributed by atoms with Gasteiger partial charge in [-0.15, -0.1) is 0 Å². The van der Waals surface area contributed by atoms with Crippen molar-refractivity contribution in [3.63, 3.8) is 0 Å². The second-order valence-electron chi connectivity index (χ2n) is 13.1. The van der Waals surface area contributed by atoms with E-state index in [9.17, 15) is 50.8 Å². The number of hydrogen-bond donors (Lipinski definition) is 10. The van der Waals surface area contributed by atoms with Crippen LogP contribution in [0.25, 0.3) is 0 Å². The van der Waals surface area contributed by atoms with Gasteiger partial charge in [-0.05, 0) is 36.2 Å². The highest BCUT2D eigenvalue weighted by atomic mass is 16.7. The average molecular weight is 756 g/mol. The Kier molecular flexibility index (Phi) is 14.9. The second-order valence-corrected chi connectivity index (χ2v) is 13.1. The molecule has 5 rings (SSSR count). The van der Waals surface area contributed by atoms with E-state index in [-0.39, 0.29) is 6.42 Å². The molecule has 3 heterocycles. The molecule has 18 heteroatoms. The third kappa shape index (κ3) is 9.87. The van der Waals surface area contributed by atoms with Crippen LogP contribution in [0.15, 0.2) is 54.6 Å². The van der Waals surface area contributed by atoms with Crippen molar-refractivity contribution in [2.45, 2.75) is 105 Å². The molecule has 296 valence electrons. The Morgan fingerprint density at radius 1 is 0.679 bits per heavy atom. The van der Waals surface area contributed by atoms with E-state index in [2.05, 4.69) is 0 Å². The lowest BCUT2D eigenvalue weighted by atomic mass is 9.97. The smallest absolute Gasteiger partial charge is 0.333 e. The Morgan fingerprint density at radius 3 is 1.94 bits per heavy atom. The Balaban J connectivity index is 1.38. The Labute approximate surface area is 304 Å². The summed E-state index contributed by atoms with van der Waals surface area (Å²) in [7, 11) is 0. The van der Waals surface area contributed by atoms with E-state index in [1.165, 1.54) is 0 Å². The molecule has 53 heavy (non-hydrogen) atoms. The van der Waals surface area contributed by atoms with Gasteiger partial charge >= 0.3 is 5.97 Å². The first-order valence-corrected chi connectivity index (χ1v) is 17.3. The predicted molar refractivity (Wildman–Crippen MR) is 178 cm³/mol. The summed E-state index contributed by atoms with van der Waals surface area (Å²) in [6.45, 7) is -2.18. The van der Waals surface area contributed by atoms with Gasteiger partial charge in [0.15, 0.2) is 12.4 Å². The number of carboxylic acid groups (broad SMARTS) is 1. The van der Waals surface area contributed by atoms with E-state index < -0.39 is 124 Å². The zero-order chi connectivity index (χ0) is 38.2. The molecular formula is C35H49NO17. The van der Waals surface area contributed by atoms with E-state index >= 15 is 0 Å². The van der Waals surface area contributed by atoms with Crippen molar-refractivity contribution in [1.29, 1.82) is 0 Å². The molecule has 0 radical (unpaired) electrons. The molecule has 2 aromatic carbocycles. The lowest BCUT2D eigenvalue weighted by molar-refractivity contribution is -0.321. The van der Waals surface area contributed by atoms with Gasteiger partial charge in [0.2, 0.25) is 6.29 Å². The number of carboxylic acids is 1. The second kappa shape index (κ2) is 19.1. The van der Waals surface area contributed by atoms with Crippen LogP contribution in [0.4, 0.5) is 0 Å². The number of aliphatic carboxylic acids is 1. The van der Waals surface area contributed by atoms with E-state index in [1.54, 1.807) is 54.6 Å². The first-order valence-electron chi connectivity index (χ1n) is 17.3. The predicted octanol–water partition coefficient (Wildman–Crippen LogP) is -3.58. The molecule has 2 aromatic rings. The maximum atomic E-state index is 12.5. The van der Waals surface area contributed by atoms with Crippen molar-refractivity contribution in [3.05, 3.63) is 65.7 Å². The number of aliphatic hydroxyl groups is 8. The zero-order valence-electron chi connectivity index (χ0n) is 28.7. The summed E-state index contributed by atoms with van der Waals surface area (Å²) in [6.07, 6.45) is -22.0. The molecule has 0 bridgehead atoms. The molecule has 3 saturated heterocycles. The van der Waals surface area contributed by atoms with E-state index in [4.69, 9.17) is 38.9 Å². The third-order valence-electron chi connectivity index (χ3n) is 9.47. The van der Waals surface area contributed by atoms with Gasteiger partial charge in [-0.25, -0.2) is 4.79 Å². The first kappa shape index (κ1) is 41.3. The highest BCUT2D eigenvalue weighted by molar-refractivity contribution is 5.72. The van der Waals surface area contributed by atoms with Gasteiger partial charge in [0.25, 0.3) is 0 Å². The highest BCUT2D eigenvalue weighted by Gasteiger charge is 2.53. The topological polar surface area (TPSA) is 290 Å². The summed E-state index contributed by atoms with van der Waals surface area (Å²) in [5.74, 6) is -1.05. The largest absolute Gasteiger partial charge is 0.479 e. The Morgan fingerprint density at radius 2 is 1.32 bits per heavy atom. The van der Waals surface area contributed by atoms with Crippen LogP contribution in [-0.2, 0) is 46.1 Å². The fraction of sp³-hybridized carbons (Fsp3) is 0.629. The molecule has 18 nitrogen and oxygen atoms in total. The summed E-state index contributed by atoms with van der Waals surface area (Å²) in [5.41, 5.74) is 7.20. The molecule has 0 spiro atoms. The van der Waals surface area contributed by atoms with Crippen molar-refractivity contribution in [1.82, 2.24) is 0 Å². The van der Waals surface area contributed by atoms with Crippen LogP contribution < -0.4 is 10.5 Å². The van der Waals surface area contributed by atoms with E-state index in [0.717, 1.165) is 5.56 Å². The van der Waals surface area contributed by atoms with Gasteiger partial charge in [0, 0.05) is 6.42 Å². The number of benzene rings is 2. The molecule has 0 aromatic heterocycles. The van der Waals surface area contributed by atoms with Crippen molar-refractivity contribution < 1.29 is 83.9 Å². The van der Waals surface area contributed by atoms with E-state index in [1.807, 2.05) is 0 Å². The van der Waals surface area contributed by atoms with Gasteiger partial charge in [0.05, 0.1) is 26.4 Å². The summed E-state index contributed by atoms with van der Waals surface area (Å²) < 4.78 is 41.1. The van der Waals surface area contributed by atoms with Crippen LogP contribution in [0.2, 0.25) is 0 Å². The molecule has 15 unspecified atom stereocenters. The first-order chi connectivity index (χ1) is 25.5. The van der Waals surface area contributed by atoms with Crippen LogP contribution in [0, 0.1) is 0 Å². The molecule has 0 saturated carbocycles. The fourth-order valence-corrected chi connectivity index (χ4v) is 6.55. The molecule has 15 atom stereocenters. The van der Waals surface area contributed by atoms with Gasteiger partial charge < -0.3 is 84.9 Å². The van der Waals surface area contributed by atoms with Crippen LogP contribution in [0.5, 0.6) is 5.75 Å². The molecular weight excluding hydrogens is 706 g/mol. The monoisotopic (exact) mass is 755 g/mol. The zero-order valence-corrected chi connectivity index (χ0v) is 28.7. The van der Waals surface area contributed by atoms with Crippen molar-refractivity contribution in [2.75, 3.05) is 33.0 Å². The van der Waals surface area contributed by atoms with Gasteiger partial charge in [-0.3, -0.25) is 0 Å². The Bertz CT molecular complexity index is 1400. The average Bonchev–Trinajstić information content (AvgIpc) is 3.46. The van der Waals surface area contributed by atoms with Gasteiger partial charge in [0.1, 0.15) is 79.0 Å². The standard InChI is InChI=1S/C35H49NO17/c36-11-10-17-6-8-19(9-7-17)48-35-29(44)32(50-20(33(45)46)12-18-4-2-1-3-5-18)31(23(15-39)52-35)47-16-24-30(26(41)22(14-38)49-24)53-34-28(43)27(42)25(40)21(13-37)51-34/h1-9,20-32,34-35,37-44H,10-16,36H2,(H,45,46). The number of carbonyl (C=O) groups is 1. The normalized spacial score (nSPS) is 36.6. The van der Waals surface area contributed by atoms with Crippen LogP contribution in [0.3, 0.4) is 0 Å². The fourth-order valence-electron chi connectivity index (χ4n) is 6.55. The van der Waals surface area contributed by atoms with Gasteiger partial charge in [-0.1, -0.05) is 42.5 Å². The molecule has 0 amide bonds. The van der Waals surface area contributed by atoms with Crippen molar-refractivity contribution >= 4 is 5.97 Å². The summed E-state index contributed by atoms with van der Waals surface area (Å²) in [4.78, 5) is 12.5. The lowest BCUT2D eigenvalue weighted by Gasteiger charge is -2.44. The molecule has 3 aliphatic rings. The SMILES string of the molecule is NCCc1ccc(OC2OC(CO)C(OCC3OC(CO)C(O)C3OC3OC(CO)C(O)C(O)C3O)C(OC(Cc3ccccc3)C(=O)O)C2O)cc1. The maximum absolute atomic E-state index is 12.5. The maximum Gasteiger partial charge on any atom is 0.333 e. The highest BCUT2D eigenvalue weighted by Crippen LogP contribution is 2.33. The molecule has 0 aliphatic carbocycles. The van der Waals surface area contributed by atoms with Crippen LogP contribution in [-0.4, -0.2) is 177 Å². The minimum atomic E-state index is -1.82.